The molecule has 9 heteroatoms. The van der Waals surface area contributed by atoms with Gasteiger partial charge < -0.3 is 15.8 Å². The first kappa shape index (κ1) is 25.8. The zero-order valence-electron chi connectivity index (χ0n) is 20.9. The van der Waals surface area contributed by atoms with Gasteiger partial charge in [0.25, 0.3) is 0 Å². The highest BCUT2D eigenvalue weighted by molar-refractivity contribution is 7.99. The minimum Gasteiger partial charge on any atom is -0.453 e. The van der Waals surface area contributed by atoms with E-state index in [0.29, 0.717) is 22.4 Å². The maximum absolute atomic E-state index is 11.7. The largest absolute Gasteiger partial charge is 0.453 e. The Morgan fingerprint density at radius 3 is 2.55 bits per heavy atom. The monoisotopic (exact) mass is 541 g/mol. The minimum absolute atomic E-state index is 0.179. The summed E-state index contributed by atoms with van der Waals surface area (Å²) in [6.45, 7) is 1.69. The number of carbonyl (C=O) groups excluding carboxylic acids is 1. The lowest BCUT2D eigenvalue weighted by atomic mass is 9.80. The molecule has 3 N–H and O–H groups in total. The molecule has 1 fully saturated rings. The van der Waals surface area contributed by atoms with E-state index in [1.165, 1.54) is 11.5 Å². The van der Waals surface area contributed by atoms with Gasteiger partial charge in [-0.15, -0.1) is 0 Å². The molecule has 2 aromatic heterocycles. The lowest BCUT2D eigenvalue weighted by Crippen LogP contribution is -2.19. The van der Waals surface area contributed by atoms with Crippen LogP contribution in [0.3, 0.4) is 0 Å². The Morgan fingerprint density at radius 1 is 1.08 bits per heavy atom. The maximum atomic E-state index is 11.7. The zero-order chi connectivity index (χ0) is 26.3. The van der Waals surface area contributed by atoms with E-state index in [1.807, 2.05) is 66.9 Å². The summed E-state index contributed by atoms with van der Waals surface area (Å²) >= 11 is 2.89. The Balaban J connectivity index is 1.34. The number of hydrogen-bond acceptors (Lipinski definition) is 9. The molecule has 192 valence electrons. The van der Waals surface area contributed by atoms with Gasteiger partial charge in [-0.25, -0.2) is 9.97 Å². The van der Waals surface area contributed by atoms with Crippen LogP contribution in [0.25, 0.3) is 0 Å². The number of ether oxygens (including phenoxy) is 1. The number of rotatable bonds is 8. The van der Waals surface area contributed by atoms with Gasteiger partial charge in [-0.2, -0.15) is 4.37 Å². The molecule has 5 rings (SSSR count). The number of benzene rings is 2. The topological polar surface area (TPSA) is 103 Å². The zero-order valence-corrected chi connectivity index (χ0v) is 22.5. The number of pyridine rings is 1. The molecule has 7 nitrogen and oxygen atoms in total. The second-order valence-electron chi connectivity index (χ2n) is 9.07. The number of ketones is 1. The van der Waals surface area contributed by atoms with Crippen molar-refractivity contribution in [1.29, 1.82) is 0 Å². The van der Waals surface area contributed by atoms with Gasteiger partial charge in [0.2, 0.25) is 5.13 Å². The molecule has 0 atom stereocenters. The maximum Gasteiger partial charge on any atom is 0.208 e. The molecule has 1 aliphatic rings. The number of carbonyl (C=O) groups is 1. The third-order valence-corrected chi connectivity index (χ3v) is 8.05. The Labute approximate surface area is 230 Å². The van der Waals surface area contributed by atoms with E-state index in [9.17, 15) is 4.79 Å². The molecule has 0 bridgehead atoms. The van der Waals surface area contributed by atoms with E-state index in [0.717, 1.165) is 46.9 Å². The summed E-state index contributed by atoms with van der Waals surface area (Å²) in [7, 11) is 0. The fourth-order valence-electron chi connectivity index (χ4n) is 4.41. The van der Waals surface area contributed by atoms with Gasteiger partial charge in [0.1, 0.15) is 17.4 Å². The molecule has 0 saturated heterocycles. The van der Waals surface area contributed by atoms with Crippen molar-refractivity contribution in [2.45, 2.75) is 48.3 Å². The van der Waals surface area contributed by atoms with E-state index < -0.39 is 0 Å². The van der Waals surface area contributed by atoms with Gasteiger partial charge in [-0.1, -0.05) is 30.0 Å². The van der Waals surface area contributed by atoms with E-state index in [2.05, 4.69) is 26.6 Å². The number of aromatic nitrogens is 3. The van der Waals surface area contributed by atoms with Crippen LogP contribution in [-0.4, -0.2) is 20.1 Å². The van der Waals surface area contributed by atoms with Crippen molar-refractivity contribution in [3.8, 4) is 23.5 Å². The van der Waals surface area contributed by atoms with Gasteiger partial charge in [-0.3, -0.25) is 4.79 Å². The number of para-hydroxylation sites is 1. The number of Topliss-reactive ketones (excluding diaryl/α,β-unsaturated/α-hetero) is 1. The second kappa shape index (κ2) is 12.1. The van der Waals surface area contributed by atoms with Gasteiger partial charge in [0.05, 0.1) is 0 Å². The van der Waals surface area contributed by atoms with E-state index >= 15 is 0 Å². The lowest BCUT2D eigenvalue weighted by molar-refractivity contribution is -0.121. The first-order chi connectivity index (χ1) is 18.6. The van der Waals surface area contributed by atoms with Crippen molar-refractivity contribution in [3.63, 3.8) is 0 Å². The van der Waals surface area contributed by atoms with Gasteiger partial charge >= 0.3 is 0 Å². The highest BCUT2D eigenvalue weighted by atomic mass is 32.2. The Bertz CT molecular complexity index is 1450. The summed E-state index contributed by atoms with van der Waals surface area (Å²) in [6, 6.07) is 21.9. The fraction of sp³-hybridized carbons (Fsp3) is 0.241. The molecule has 2 aromatic carbocycles. The molecule has 1 aliphatic carbocycles. The van der Waals surface area contributed by atoms with Crippen LogP contribution in [0.2, 0.25) is 0 Å². The molecule has 0 amide bonds. The summed E-state index contributed by atoms with van der Waals surface area (Å²) in [4.78, 5) is 23.1. The van der Waals surface area contributed by atoms with Crippen LogP contribution in [0.5, 0.6) is 11.5 Å². The summed E-state index contributed by atoms with van der Waals surface area (Å²) in [6.07, 6.45) is 5.49. The van der Waals surface area contributed by atoms with Gasteiger partial charge in [-0.05, 0) is 74.9 Å². The van der Waals surface area contributed by atoms with E-state index in [4.69, 9.17) is 15.5 Å². The Hall–Kier alpha value is -3.87. The van der Waals surface area contributed by atoms with Crippen LogP contribution in [0.4, 0.5) is 10.9 Å². The third kappa shape index (κ3) is 6.52. The van der Waals surface area contributed by atoms with Crippen molar-refractivity contribution in [2.75, 3.05) is 5.32 Å². The van der Waals surface area contributed by atoms with Crippen LogP contribution in [-0.2, 0) is 4.79 Å². The van der Waals surface area contributed by atoms with Crippen molar-refractivity contribution in [2.24, 2.45) is 11.7 Å². The van der Waals surface area contributed by atoms with E-state index in [1.54, 1.807) is 18.7 Å². The van der Waals surface area contributed by atoms with Crippen molar-refractivity contribution in [3.05, 3.63) is 78.2 Å². The van der Waals surface area contributed by atoms with Crippen LogP contribution in [0.1, 0.15) is 49.9 Å². The summed E-state index contributed by atoms with van der Waals surface area (Å²) in [5.74, 6) is 6.30. The molecule has 0 spiro atoms. The summed E-state index contributed by atoms with van der Waals surface area (Å²) < 4.78 is 10.8. The van der Waals surface area contributed by atoms with Crippen LogP contribution in [0, 0.1) is 17.9 Å². The number of anilines is 2. The molecule has 38 heavy (non-hydrogen) atoms. The molecule has 1 saturated carbocycles. The fourth-order valence-corrected chi connectivity index (χ4v) is 5.87. The average molecular weight is 542 g/mol. The summed E-state index contributed by atoms with van der Waals surface area (Å²) in [5, 5.41) is 3.97. The molecule has 0 aliphatic heterocycles. The third-order valence-electron chi connectivity index (χ3n) is 6.44. The molecular weight excluding hydrogens is 514 g/mol. The van der Waals surface area contributed by atoms with Crippen molar-refractivity contribution in [1.82, 2.24) is 14.3 Å². The Morgan fingerprint density at radius 2 is 1.84 bits per heavy atom. The lowest BCUT2D eigenvalue weighted by Gasteiger charge is -2.24. The van der Waals surface area contributed by atoms with E-state index in [-0.39, 0.29) is 17.6 Å². The SMILES string of the molecule is CC(=O)C1CCC(c2nsc(Nc3ncc(Sc4ccc(C#CN)cc4)cc3Oc3ccccc3)n2)CC1. The number of nitrogens with one attached hydrogen (secondary N) is 1. The Kier molecular flexibility index (Phi) is 8.22. The molecular formula is C29H27N5O2S2. The molecule has 0 unspecified atom stereocenters. The van der Waals surface area contributed by atoms with Gasteiger partial charge in [0.15, 0.2) is 11.6 Å². The highest BCUT2D eigenvalue weighted by Gasteiger charge is 2.27. The highest BCUT2D eigenvalue weighted by Crippen LogP contribution is 2.38. The molecule has 2 heterocycles. The second-order valence-corrected chi connectivity index (χ2v) is 11.0. The smallest absolute Gasteiger partial charge is 0.208 e. The predicted octanol–water partition coefficient (Wildman–Crippen LogP) is 6.75. The van der Waals surface area contributed by atoms with Crippen molar-refractivity contribution >= 4 is 40.0 Å². The van der Waals surface area contributed by atoms with Gasteiger partial charge in [0, 0.05) is 57.0 Å². The van der Waals surface area contributed by atoms with Crippen LogP contribution in [0.15, 0.2) is 76.7 Å². The number of nitrogens with zero attached hydrogens (tertiary/aromatic N) is 3. The van der Waals surface area contributed by atoms with Crippen molar-refractivity contribution < 1.29 is 9.53 Å². The van der Waals surface area contributed by atoms with Crippen LogP contribution >= 0.6 is 23.3 Å². The normalized spacial score (nSPS) is 16.8. The first-order valence-electron chi connectivity index (χ1n) is 12.4. The van der Waals surface area contributed by atoms with Crippen LogP contribution < -0.4 is 15.8 Å². The molecule has 4 aromatic rings. The number of hydrogen-bond donors (Lipinski definition) is 2. The minimum atomic E-state index is 0.179. The first-order valence-corrected chi connectivity index (χ1v) is 14.0. The quantitative estimate of drug-likeness (QED) is 0.186. The standard InChI is InChI=1S/C29H27N5O2S2/c1-19(35)21-9-11-22(12-10-21)27-32-29(38-34-27)33-28-26(36-23-5-3-2-4-6-23)17-25(18-31-28)37-24-13-7-20(8-14-24)15-16-30/h2-8,13-14,17-18,21-22H,9-12,30H2,1H3,(H,31,32,33,34). The predicted molar refractivity (Wildman–Crippen MR) is 151 cm³/mol. The number of nitrogens with two attached hydrogens (primary N) is 1. The molecule has 0 radical (unpaired) electrons. The summed E-state index contributed by atoms with van der Waals surface area (Å²) in [5.41, 5.74) is 6.18. The average Bonchev–Trinajstić information content (AvgIpc) is 3.41.